The van der Waals surface area contributed by atoms with Gasteiger partial charge in [0.25, 0.3) is 0 Å². The summed E-state index contributed by atoms with van der Waals surface area (Å²) in [7, 11) is 0. The molecule has 0 bridgehead atoms. The number of hydrogen-bond acceptors (Lipinski definition) is 4. The molecule has 1 aromatic rings. The Hall–Kier alpha value is -0.450. The molecule has 0 aromatic carbocycles. The van der Waals surface area contributed by atoms with E-state index in [9.17, 15) is 0 Å². The predicted octanol–water partition coefficient (Wildman–Crippen LogP) is 1.53. The molecule has 0 unspecified atom stereocenters. The molecule has 0 amide bonds. The molecule has 1 aliphatic rings. The smallest absolute Gasteiger partial charge is 0.0962 e. The van der Waals surface area contributed by atoms with E-state index >= 15 is 0 Å². The molecule has 2 heterocycles. The first-order chi connectivity index (χ1) is 6.40. The average Bonchev–Trinajstić information content (AvgIpc) is 2.67. The molecule has 0 aliphatic carbocycles. The summed E-state index contributed by atoms with van der Waals surface area (Å²) in [6, 6.07) is 0. The van der Waals surface area contributed by atoms with Crippen molar-refractivity contribution in [3.63, 3.8) is 0 Å². The number of thiazole rings is 1. The Kier molecular flexibility index (Phi) is 2.93. The molecule has 72 valence electrons. The molecule has 3 nitrogen and oxygen atoms in total. The topological polar surface area (TPSA) is 42.4 Å². The van der Waals surface area contributed by atoms with Gasteiger partial charge in [-0.3, -0.25) is 0 Å². The summed E-state index contributed by atoms with van der Waals surface area (Å²) < 4.78 is 5.28. The maximum atomic E-state index is 8.87. The second kappa shape index (κ2) is 4.17. The summed E-state index contributed by atoms with van der Waals surface area (Å²) in [5.74, 6) is 0.555. The largest absolute Gasteiger partial charge is 0.390 e. The number of aliphatic hydroxyl groups excluding tert-OH is 1. The summed E-state index contributed by atoms with van der Waals surface area (Å²) in [6.07, 6.45) is 2.14. The number of hydrogen-bond donors (Lipinski definition) is 1. The molecule has 1 aliphatic heterocycles. The van der Waals surface area contributed by atoms with Gasteiger partial charge in [-0.1, -0.05) is 0 Å². The molecule has 13 heavy (non-hydrogen) atoms. The van der Waals surface area contributed by atoms with Crippen LogP contribution in [0.2, 0.25) is 0 Å². The highest BCUT2D eigenvalue weighted by Gasteiger charge is 2.18. The predicted molar refractivity (Wildman–Crippen MR) is 50.8 cm³/mol. The Bertz CT molecular complexity index is 268. The maximum absolute atomic E-state index is 8.87. The monoisotopic (exact) mass is 199 g/mol. The lowest BCUT2D eigenvalue weighted by Gasteiger charge is -2.19. The molecule has 1 saturated heterocycles. The third-order valence-electron chi connectivity index (χ3n) is 2.30. The normalized spacial score (nSPS) is 19.2. The van der Waals surface area contributed by atoms with Gasteiger partial charge in [-0.25, -0.2) is 4.98 Å². The highest BCUT2D eigenvalue weighted by Crippen LogP contribution is 2.29. The van der Waals surface area contributed by atoms with E-state index in [1.807, 2.05) is 5.38 Å². The van der Waals surface area contributed by atoms with Crippen LogP contribution in [-0.4, -0.2) is 23.3 Å². The molecule has 0 atom stereocenters. The minimum absolute atomic E-state index is 0.0553. The number of aliphatic hydroxyl groups is 1. The van der Waals surface area contributed by atoms with E-state index in [-0.39, 0.29) is 6.61 Å². The van der Waals surface area contributed by atoms with Crippen LogP contribution in [0.4, 0.5) is 0 Å². The van der Waals surface area contributed by atoms with Crippen molar-refractivity contribution >= 4 is 11.3 Å². The van der Waals surface area contributed by atoms with Crippen molar-refractivity contribution in [1.29, 1.82) is 0 Å². The zero-order chi connectivity index (χ0) is 9.10. The van der Waals surface area contributed by atoms with Gasteiger partial charge in [-0.2, -0.15) is 0 Å². The van der Waals surface area contributed by atoms with E-state index in [4.69, 9.17) is 9.84 Å². The number of rotatable bonds is 2. The molecule has 1 N–H and O–H groups in total. The fourth-order valence-corrected chi connectivity index (χ4v) is 2.51. The number of ether oxygens (including phenoxy) is 1. The van der Waals surface area contributed by atoms with Crippen LogP contribution in [0, 0.1) is 0 Å². The van der Waals surface area contributed by atoms with Gasteiger partial charge in [-0.05, 0) is 12.8 Å². The van der Waals surface area contributed by atoms with Crippen LogP contribution in [-0.2, 0) is 11.3 Å². The van der Waals surface area contributed by atoms with E-state index in [2.05, 4.69) is 4.98 Å². The van der Waals surface area contributed by atoms with Gasteiger partial charge < -0.3 is 9.84 Å². The second-order valence-corrected chi connectivity index (χ2v) is 4.11. The van der Waals surface area contributed by atoms with Crippen molar-refractivity contribution in [2.45, 2.75) is 25.4 Å². The molecule has 1 aromatic heterocycles. The lowest BCUT2D eigenvalue weighted by Crippen LogP contribution is -2.13. The van der Waals surface area contributed by atoms with Crippen LogP contribution in [0.25, 0.3) is 0 Å². The molecular weight excluding hydrogens is 186 g/mol. The van der Waals surface area contributed by atoms with Gasteiger partial charge in [0.2, 0.25) is 0 Å². The van der Waals surface area contributed by atoms with Crippen molar-refractivity contribution in [3.8, 4) is 0 Å². The quantitative estimate of drug-likeness (QED) is 0.785. The van der Waals surface area contributed by atoms with Crippen LogP contribution in [0.15, 0.2) is 5.38 Å². The summed E-state index contributed by atoms with van der Waals surface area (Å²) in [5, 5.41) is 12.0. The van der Waals surface area contributed by atoms with Crippen molar-refractivity contribution in [1.82, 2.24) is 4.98 Å². The fourth-order valence-electron chi connectivity index (χ4n) is 1.53. The zero-order valence-corrected chi connectivity index (χ0v) is 8.22. The van der Waals surface area contributed by atoms with Crippen molar-refractivity contribution in [2.24, 2.45) is 0 Å². The SMILES string of the molecule is OCc1csc(C2CCOCC2)n1. The zero-order valence-electron chi connectivity index (χ0n) is 7.40. The third-order valence-corrected chi connectivity index (χ3v) is 3.36. The summed E-state index contributed by atoms with van der Waals surface area (Å²) >= 11 is 1.65. The van der Waals surface area contributed by atoms with Crippen molar-refractivity contribution < 1.29 is 9.84 Å². The summed E-state index contributed by atoms with van der Waals surface area (Å²) in [6.45, 7) is 1.75. The molecule has 0 saturated carbocycles. The van der Waals surface area contributed by atoms with Crippen LogP contribution < -0.4 is 0 Å². The standard InChI is InChI=1S/C9H13NO2S/c11-5-8-6-13-9(10-8)7-1-3-12-4-2-7/h6-7,11H,1-5H2. The van der Waals surface area contributed by atoms with Crippen LogP contribution in [0.1, 0.15) is 29.5 Å². The number of nitrogens with zero attached hydrogens (tertiary/aromatic N) is 1. The molecule has 4 heteroatoms. The average molecular weight is 199 g/mol. The van der Waals surface area contributed by atoms with Gasteiger partial charge in [-0.15, -0.1) is 11.3 Å². The Morgan fingerprint density at radius 2 is 2.31 bits per heavy atom. The molecular formula is C9H13NO2S. The first-order valence-corrected chi connectivity index (χ1v) is 5.41. The Labute approximate surface area is 81.4 Å². The first-order valence-electron chi connectivity index (χ1n) is 4.53. The van der Waals surface area contributed by atoms with Crippen LogP contribution in [0.5, 0.6) is 0 Å². The third kappa shape index (κ3) is 2.07. The van der Waals surface area contributed by atoms with Crippen molar-refractivity contribution in [2.75, 3.05) is 13.2 Å². The fraction of sp³-hybridized carbons (Fsp3) is 0.667. The van der Waals surface area contributed by atoms with E-state index in [1.165, 1.54) is 0 Å². The van der Waals surface area contributed by atoms with Crippen LogP contribution in [0.3, 0.4) is 0 Å². The van der Waals surface area contributed by atoms with Gasteiger partial charge in [0.05, 0.1) is 17.3 Å². The maximum Gasteiger partial charge on any atom is 0.0962 e. The molecule has 1 fully saturated rings. The molecule has 0 radical (unpaired) electrons. The highest BCUT2D eigenvalue weighted by molar-refractivity contribution is 7.09. The Morgan fingerprint density at radius 3 is 2.92 bits per heavy atom. The van der Waals surface area contributed by atoms with E-state index in [1.54, 1.807) is 11.3 Å². The lowest BCUT2D eigenvalue weighted by atomic mass is 10.0. The van der Waals surface area contributed by atoms with Gasteiger partial charge in [0.1, 0.15) is 0 Å². The van der Waals surface area contributed by atoms with E-state index < -0.39 is 0 Å². The van der Waals surface area contributed by atoms with Crippen molar-refractivity contribution in [3.05, 3.63) is 16.1 Å². The minimum atomic E-state index is 0.0553. The Balaban J connectivity index is 2.05. The highest BCUT2D eigenvalue weighted by atomic mass is 32.1. The summed E-state index contributed by atoms with van der Waals surface area (Å²) in [4.78, 5) is 4.37. The number of aromatic nitrogens is 1. The molecule has 2 rings (SSSR count). The lowest BCUT2D eigenvalue weighted by molar-refractivity contribution is 0.0852. The van der Waals surface area contributed by atoms with E-state index in [0.29, 0.717) is 5.92 Å². The van der Waals surface area contributed by atoms with Gasteiger partial charge >= 0.3 is 0 Å². The van der Waals surface area contributed by atoms with Gasteiger partial charge in [0.15, 0.2) is 0 Å². The van der Waals surface area contributed by atoms with Gasteiger partial charge in [0, 0.05) is 24.5 Å². The minimum Gasteiger partial charge on any atom is -0.390 e. The summed E-state index contributed by atoms with van der Waals surface area (Å²) in [5.41, 5.74) is 0.798. The first kappa shape index (κ1) is 9.12. The van der Waals surface area contributed by atoms with E-state index in [0.717, 1.165) is 36.8 Å². The molecule has 0 spiro atoms. The Morgan fingerprint density at radius 1 is 1.54 bits per heavy atom. The second-order valence-electron chi connectivity index (χ2n) is 3.22. The van der Waals surface area contributed by atoms with Crippen LogP contribution >= 0.6 is 11.3 Å².